The Morgan fingerprint density at radius 3 is 2.30 bits per heavy atom. The lowest BCUT2D eigenvalue weighted by atomic mass is 10.1. The van der Waals surface area contributed by atoms with Gasteiger partial charge in [-0.3, -0.25) is 13.9 Å². The van der Waals surface area contributed by atoms with E-state index in [1.165, 1.54) is 29.2 Å². The Kier molecular flexibility index (Phi) is 9.53. The average Bonchev–Trinajstić information content (AvgIpc) is 3.44. The van der Waals surface area contributed by atoms with Gasteiger partial charge in [-0.15, -0.1) is 0 Å². The van der Waals surface area contributed by atoms with Crippen LogP contribution in [0.2, 0.25) is 5.02 Å². The summed E-state index contributed by atoms with van der Waals surface area (Å²) in [6.07, 6.45) is 3.98. The molecule has 1 atom stereocenters. The van der Waals surface area contributed by atoms with Gasteiger partial charge in [0, 0.05) is 17.6 Å². The highest BCUT2D eigenvalue weighted by Crippen LogP contribution is 2.27. The number of hydrogen-bond donors (Lipinski definition) is 1. The summed E-state index contributed by atoms with van der Waals surface area (Å²) in [7, 11) is -4.14. The molecule has 1 aliphatic carbocycles. The second kappa shape index (κ2) is 12.9. The third-order valence-corrected chi connectivity index (χ3v) is 9.48. The van der Waals surface area contributed by atoms with Crippen molar-refractivity contribution in [1.29, 1.82) is 0 Å². The van der Waals surface area contributed by atoms with Crippen LogP contribution in [0.25, 0.3) is 0 Å². The van der Waals surface area contributed by atoms with E-state index < -0.39 is 28.5 Å². The number of amides is 2. The number of anilines is 1. The third kappa shape index (κ3) is 7.04. The highest BCUT2D eigenvalue weighted by atomic mass is 35.5. The van der Waals surface area contributed by atoms with E-state index in [1.54, 1.807) is 25.1 Å². The number of halogens is 1. The van der Waals surface area contributed by atoms with Crippen molar-refractivity contribution in [2.75, 3.05) is 10.8 Å². The van der Waals surface area contributed by atoms with Gasteiger partial charge in [-0.25, -0.2) is 8.42 Å². The van der Waals surface area contributed by atoms with E-state index in [-0.39, 0.29) is 23.4 Å². The van der Waals surface area contributed by atoms with Crippen molar-refractivity contribution in [2.45, 2.75) is 70.0 Å². The summed E-state index contributed by atoms with van der Waals surface area (Å²) in [5, 5.41) is 3.50. The maximum atomic E-state index is 14.1. The fourth-order valence-corrected chi connectivity index (χ4v) is 6.52. The van der Waals surface area contributed by atoms with Crippen LogP contribution in [0.15, 0.2) is 77.7 Å². The van der Waals surface area contributed by atoms with Crippen LogP contribution >= 0.6 is 11.6 Å². The Morgan fingerprint density at radius 2 is 1.65 bits per heavy atom. The van der Waals surface area contributed by atoms with E-state index in [1.807, 2.05) is 44.2 Å². The molecule has 40 heavy (non-hydrogen) atoms. The van der Waals surface area contributed by atoms with Crippen LogP contribution in [0, 0.1) is 13.8 Å². The van der Waals surface area contributed by atoms with Gasteiger partial charge in [0.05, 0.1) is 10.6 Å². The van der Waals surface area contributed by atoms with E-state index in [2.05, 4.69) is 5.32 Å². The Bertz CT molecular complexity index is 1450. The van der Waals surface area contributed by atoms with Crippen LogP contribution < -0.4 is 9.62 Å². The van der Waals surface area contributed by atoms with Crippen molar-refractivity contribution in [1.82, 2.24) is 10.2 Å². The van der Waals surface area contributed by atoms with Gasteiger partial charge in [0.15, 0.2) is 0 Å². The lowest BCUT2D eigenvalue weighted by Crippen LogP contribution is -2.52. The standard InChI is InChI=1S/C31H36ClN3O4S/c1-22-9-8-14-28(19-22)35(40(38,39)29-17-15-26(32)16-18-29)21-30(36)34(20-25-11-5-4-10-23(25)2)24(3)31(37)33-27-12-6-7-13-27/h4-5,8-11,14-19,24,27H,6-7,12-13,20-21H2,1-3H3,(H,33,37)/t24-/m1/s1. The van der Waals surface area contributed by atoms with Gasteiger partial charge in [0.2, 0.25) is 11.8 Å². The molecule has 7 nitrogen and oxygen atoms in total. The van der Waals surface area contributed by atoms with E-state index in [0.717, 1.165) is 46.7 Å². The Balaban J connectivity index is 1.69. The molecule has 2 amide bonds. The molecule has 9 heteroatoms. The topological polar surface area (TPSA) is 86.8 Å². The molecule has 0 unspecified atom stereocenters. The van der Waals surface area contributed by atoms with Gasteiger partial charge in [-0.1, -0.05) is 60.8 Å². The molecule has 0 aromatic heterocycles. The molecule has 4 rings (SSSR count). The first-order valence-electron chi connectivity index (χ1n) is 13.6. The molecule has 1 saturated carbocycles. The minimum absolute atomic E-state index is 0.0173. The van der Waals surface area contributed by atoms with Crippen LogP contribution in [0.1, 0.15) is 49.3 Å². The summed E-state index contributed by atoms with van der Waals surface area (Å²) >= 11 is 6.01. The SMILES string of the molecule is Cc1cccc(N(CC(=O)N(Cc2ccccc2C)[C@H](C)C(=O)NC2CCCC2)S(=O)(=O)c2ccc(Cl)cc2)c1. The molecular weight excluding hydrogens is 546 g/mol. The van der Waals surface area contributed by atoms with Crippen molar-refractivity contribution in [2.24, 2.45) is 0 Å². The van der Waals surface area contributed by atoms with Crippen LogP contribution in [0.3, 0.4) is 0 Å². The van der Waals surface area contributed by atoms with Gasteiger partial charge in [0.25, 0.3) is 10.0 Å². The smallest absolute Gasteiger partial charge is 0.264 e. The molecular formula is C31H36ClN3O4S. The maximum absolute atomic E-state index is 14.1. The van der Waals surface area contributed by atoms with Gasteiger partial charge < -0.3 is 10.2 Å². The largest absolute Gasteiger partial charge is 0.352 e. The molecule has 0 radical (unpaired) electrons. The molecule has 1 fully saturated rings. The highest BCUT2D eigenvalue weighted by molar-refractivity contribution is 7.92. The fraction of sp³-hybridized carbons (Fsp3) is 0.355. The first-order valence-corrected chi connectivity index (χ1v) is 15.4. The van der Waals surface area contributed by atoms with Crippen molar-refractivity contribution < 1.29 is 18.0 Å². The number of rotatable bonds is 10. The minimum Gasteiger partial charge on any atom is -0.352 e. The summed E-state index contributed by atoms with van der Waals surface area (Å²) < 4.78 is 28.9. The zero-order valence-electron chi connectivity index (χ0n) is 23.1. The van der Waals surface area contributed by atoms with Crippen molar-refractivity contribution in [3.63, 3.8) is 0 Å². The van der Waals surface area contributed by atoms with E-state index in [9.17, 15) is 18.0 Å². The van der Waals surface area contributed by atoms with E-state index >= 15 is 0 Å². The number of nitrogens with one attached hydrogen (secondary N) is 1. The molecule has 0 saturated heterocycles. The average molecular weight is 582 g/mol. The molecule has 1 N–H and O–H groups in total. The molecule has 0 spiro atoms. The van der Waals surface area contributed by atoms with E-state index in [0.29, 0.717) is 10.7 Å². The van der Waals surface area contributed by atoms with Crippen LogP contribution in [-0.2, 0) is 26.2 Å². The van der Waals surface area contributed by atoms with Crippen LogP contribution in [-0.4, -0.2) is 43.8 Å². The normalized spacial score (nSPS) is 14.5. The predicted molar refractivity (Wildman–Crippen MR) is 159 cm³/mol. The monoisotopic (exact) mass is 581 g/mol. The van der Waals surface area contributed by atoms with Gasteiger partial charge in [-0.2, -0.15) is 0 Å². The number of carbonyl (C=O) groups excluding carboxylic acids is 2. The van der Waals surface area contributed by atoms with Crippen LogP contribution in [0.4, 0.5) is 5.69 Å². The summed E-state index contributed by atoms with van der Waals surface area (Å²) in [4.78, 5) is 28.9. The number of nitrogens with zero attached hydrogens (tertiary/aromatic N) is 2. The third-order valence-electron chi connectivity index (χ3n) is 7.44. The zero-order valence-corrected chi connectivity index (χ0v) is 24.7. The Morgan fingerprint density at radius 1 is 0.975 bits per heavy atom. The number of aryl methyl sites for hydroxylation is 2. The number of hydrogen-bond acceptors (Lipinski definition) is 4. The molecule has 0 aliphatic heterocycles. The minimum atomic E-state index is -4.14. The lowest BCUT2D eigenvalue weighted by molar-refractivity contribution is -0.139. The summed E-state index contributed by atoms with van der Waals surface area (Å²) in [6, 6.07) is 19.8. The molecule has 0 bridgehead atoms. The Hall–Kier alpha value is -3.36. The van der Waals surface area contributed by atoms with Gasteiger partial charge in [-0.05, 0) is 86.7 Å². The summed E-state index contributed by atoms with van der Waals surface area (Å²) in [5.74, 6) is -0.715. The fourth-order valence-electron chi connectivity index (χ4n) is 4.99. The second-order valence-electron chi connectivity index (χ2n) is 10.4. The maximum Gasteiger partial charge on any atom is 0.264 e. The lowest BCUT2D eigenvalue weighted by Gasteiger charge is -2.33. The van der Waals surface area contributed by atoms with Gasteiger partial charge >= 0.3 is 0 Å². The Labute approximate surface area is 242 Å². The zero-order chi connectivity index (χ0) is 28.9. The van der Waals surface area contributed by atoms with Crippen molar-refractivity contribution >= 4 is 39.1 Å². The summed E-state index contributed by atoms with van der Waals surface area (Å²) in [5.41, 5.74) is 3.08. The molecule has 212 valence electrons. The first-order chi connectivity index (χ1) is 19.1. The second-order valence-corrected chi connectivity index (χ2v) is 12.7. The van der Waals surface area contributed by atoms with Gasteiger partial charge in [0.1, 0.15) is 12.6 Å². The highest BCUT2D eigenvalue weighted by Gasteiger charge is 2.33. The summed E-state index contributed by atoms with van der Waals surface area (Å²) in [6.45, 7) is 5.21. The molecule has 3 aromatic carbocycles. The first kappa shape index (κ1) is 29.6. The molecule has 0 heterocycles. The quantitative estimate of drug-likeness (QED) is 0.336. The number of carbonyl (C=O) groups is 2. The predicted octanol–water partition coefficient (Wildman–Crippen LogP) is 5.63. The van der Waals surface area contributed by atoms with Crippen molar-refractivity contribution in [3.8, 4) is 0 Å². The van der Waals surface area contributed by atoms with Crippen molar-refractivity contribution in [3.05, 3.63) is 94.5 Å². The number of benzene rings is 3. The molecule has 3 aromatic rings. The van der Waals surface area contributed by atoms with E-state index in [4.69, 9.17) is 11.6 Å². The molecule has 1 aliphatic rings. The number of sulfonamides is 1. The van der Waals surface area contributed by atoms with Crippen LogP contribution in [0.5, 0.6) is 0 Å².